The number of aryl methyl sites for hydroxylation is 1. The Labute approximate surface area is 124 Å². The molecule has 2 atom stereocenters. The monoisotopic (exact) mass is 329 g/mol. The van der Waals surface area contributed by atoms with Gasteiger partial charge in [-0.25, -0.2) is 0 Å². The average Bonchev–Trinajstić information content (AvgIpc) is 3.03. The highest BCUT2D eigenvalue weighted by Gasteiger charge is 2.22. The minimum atomic E-state index is 0.340. The molecule has 5 heteroatoms. The molecule has 1 aliphatic heterocycles. The number of ether oxygens (including phenoxy) is 1. The third-order valence-corrected chi connectivity index (χ3v) is 4.36. The standard InChI is InChI=1S/C14H24BrN3O/c1-3-8-18-14(12(15)10-17-18)13(16-2)7-6-11-5-4-9-19-11/h10-11,13,16H,3-9H2,1-2H3. The van der Waals surface area contributed by atoms with Crippen molar-refractivity contribution < 1.29 is 4.74 Å². The van der Waals surface area contributed by atoms with Crippen LogP contribution in [0.25, 0.3) is 0 Å². The fourth-order valence-corrected chi connectivity index (χ4v) is 3.32. The van der Waals surface area contributed by atoms with Gasteiger partial charge >= 0.3 is 0 Å². The van der Waals surface area contributed by atoms with Crippen LogP contribution in [0.15, 0.2) is 10.7 Å². The second-order valence-electron chi connectivity index (χ2n) is 5.15. The Morgan fingerprint density at radius 1 is 1.63 bits per heavy atom. The Bertz CT molecular complexity index is 388. The summed E-state index contributed by atoms with van der Waals surface area (Å²) in [5, 5.41) is 7.87. The number of nitrogens with one attached hydrogen (secondary N) is 1. The fourth-order valence-electron chi connectivity index (χ4n) is 2.75. The van der Waals surface area contributed by atoms with Crippen molar-refractivity contribution in [2.45, 2.75) is 57.7 Å². The molecule has 2 heterocycles. The zero-order chi connectivity index (χ0) is 13.7. The predicted molar refractivity (Wildman–Crippen MR) is 80.2 cm³/mol. The van der Waals surface area contributed by atoms with Crippen molar-refractivity contribution in [2.24, 2.45) is 0 Å². The van der Waals surface area contributed by atoms with Crippen LogP contribution in [0.5, 0.6) is 0 Å². The molecule has 0 aromatic carbocycles. The summed E-state index contributed by atoms with van der Waals surface area (Å²) in [5.74, 6) is 0. The third kappa shape index (κ3) is 3.80. The topological polar surface area (TPSA) is 39.1 Å². The molecule has 2 unspecified atom stereocenters. The summed E-state index contributed by atoms with van der Waals surface area (Å²) >= 11 is 3.63. The van der Waals surface area contributed by atoms with E-state index in [1.807, 2.05) is 13.2 Å². The maximum Gasteiger partial charge on any atom is 0.0695 e. The Kier molecular flexibility index (Phi) is 5.85. The summed E-state index contributed by atoms with van der Waals surface area (Å²) in [6, 6.07) is 0.340. The molecule has 0 bridgehead atoms. The summed E-state index contributed by atoms with van der Waals surface area (Å²) in [7, 11) is 2.02. The minimum Gasteiger partial charge on any atom is -0.378 e. The van der Waals surface area contributed by atoms with Crippen LogP contribution >= 0.6 is 15.9 Å². The molecule has 0 aliphatic carbocycles. The maximum atomic E-state index is 5.71. The van der Waals surface area contributed by atoms with Crippen LogP contribution in [-0.4, -0.2) is 29.5 Å². The Hall–Kier alpha value is -0.390. The highest BCUT2D eigenvalue weighted by molar-refractivity contribution is 9.10. The van der Waals surface area contributed by atoms with Crippen LogP contribution in [-0.2, 0) is 11.3 Å². The van der Waals surface area contributed by atoms with Crippen molar-refractivity contribution in [1.29, 1.82) is 0 Å². The van der Waals surface area contributed by atoms with Gasteiger partial charge in [0.2, 0.25) is 0 Å². The molecule has 2 rings (SSSR count). The summed E-state index contributed by atoms with van der Waals surface area (Å²) in [6.45, 7) is 4.09. The van der Waals surface area contributed by atoms with E-state index in [1.54, 1.807) is 0 Å². The van der Waals surface area contributed by atoms with E-state index in [9.17, 15) is 0 Å². The third-order valence-electron chi connectivity index (χ3n) is 3.75. The molecule has 1 aromatic heterocycles. The smallest absolute Gasteiger partial charge is 0.0695 e. The van der Waals surface area contributed by atoms with E-state index < -0.39 is 0 Å². The van der Waals surface area contributed by atoms with Gasteiger partial charge in [-0.1, -0.05) is 6.92 Å². The summed E-state index contributed by atoms with van der Waals surface area (Å²) in [6.07, 6.45) is 8.10. The molecule has 108 valence electrons. The van der Waals surface area contributed by atoms with Gasteiger partial charge in [-0.15, -0.1) is 0 Å². The van der Waals surface area contributed by atoms with Gasteiger partial charge in [-0.05, 0) is 55.1 Å². The van der Waals surface area contributed by atoms with Crippen molar-refractivity contribution in [3.8, 4) is 0 Å². The van der Waals surface area contributed by atoms with E-state index in [-0.39, 0.29) is 0 Å². The number of hydrogen-bond acceptors (Lipinski definition) is 3. The van der Waals surface area contributed by atoms with Crippen LogP contribution in [0, 0.1) is 0 Å². The first-order valence-corrected chi connectivity index (χ1v) is 8.05. The molecular weight excluding hydrogens is 306 g/mol. The number of aromatic nitrogens is 2. The molecule has 0 radical (unpaired) electrons. The van der Waals surface area contributed by atoms with Crippen LogP contribution in [0.1, 0.15) is 50.8 Å². The predicted octanol–water partition coefficient (Wildman–Crippen LogP) is 3.28. The second-order valence-corrected chi connectivity index (χ2v) is 6.01. The van der Waals surface area contributed by atoms with Crippen LogP contribution in [0.3, 0.4) is 0 Å². The van der Waals surface area contributed by atoms with Gasteiger partial charge in [0.05, 0.1) is 28.5 Å². The first-order chi connectivity index (χ1) is 9.26. The Morgan fingerprint density at radius 3 is 3.11 bits per heavy atom. The summed E-state index contributed by atoms with van der Waals surface area (Å²) in [4.78, 5) is 0. The zero-order valence-electron chi connectivity index (χ0n) is 11.9. The van der Waals surface area contributed by atoms with Crippen molar-refractivity contribution in [3.63, 3.8) is 0 Å². The van der Waals surface area contributed by atoms with Gasteiger partial charge in [-0.3, -0.25) is 4.68 Å². The van der Waals surface area contributed by atoms with Gasteiger partial charge in [0.15, 0.2) is 0 Å². The number of halogens is 1. The molecule has 0 saturated carbocycles. The van der Waals surface area contributed by atoms with Gasteiger partial charge in [0, 0.05) is 13.2 Å². The quantitative estimate of drug-likeness (QED) is 0.834. The van der Waals surface area contributed by atoms with E-state index >= 15 is 0 Å². The number of hydrogen-bond donors (Lipinski definition) is 1. The largest absolute Gasteiger partial charge is 0.378 e. The molecular formula is C14H24BrN3O. The fraction of sp³-hybridized carbons (Fsp3) is 0.786. The second kappa shape index (κ2) is 7.41. The van der Waals surface area contributed by atoms with Crippen LogP contribution in [0.2, 0.25) is 0 Å². The summed E-state index contributed by atoms with van der Waals surface area (Å²) in [5.41, 5.74) is 1.27. The Morgan fingerprint density at radius 2 is 2.47 bits per heavy atom. The van der Waals surface area contributed by atoms with E-state index in [4.69, 9.17) is 4.74 Å². The molecule has 1 aromatic rings. The van der Waals surface area contributed by atoms with Gasteiger partial charge in [-0.2, -0.15) is 5.10 Å². The molecule has 1 aliphatic rings. The van der Waals surface area contributed by atoms with Gasteiger partial charge < -0.3 is 10.1 Å². The first-order valence-electron chi connectivity index (χ1n) is 7.26. The molecule has 1 fully saturated rings. The average molecular weight is 330 g/mol. The van der Waals surface area contributed by atoms with Crippen molar-refractivity contribution in [2.75, 3.05) is 13.7 Å². The van der Waals surface area contributed by atoms with Crippen molar-refractivity contribution >= 4 is 15.9 Å². The highest BCUT2D eigenvalue weighted by Crippen LogP contribution is 2.28. The highest BCUT2D eigenvalue weighted by atomic mass is 79.9. The lowest BCUT2D eigenvalue weighted by atomic mass is 10.0. The first kappa shape index (κ1) is 15.0. The lowest BCUT2D eigenvalue weighted by molar-refractivity contribution is 0.0995. The van der Waals surface area contributed by atoms with E-state index in [2.05, 4.69) is 38.0 Å². The van der Waals surface area contributed by atoms with Gasteiger partial charge in [0.25, 0.3) is 0 Å². The lowest BCUT2D eigenvalue weighted by Gasteiger charge is -2.20. The van der Waals surface area contributed by atoms with E-state index in [1.165, 1.54) is 18.5 Å². The number of nitrogens with zero attached hydrogens (tertiary/aromatic N) is 2. The molecule has 19 heavy (non-hydrogen) atoms. The van der Waals surface area contributed by atoms with E-state index in [0.29, 0.717) is 12.1 Å². The molecule has 0 amide bonds. The van der Waals surface area contributed by atoms with E-state index in [0.717, 1.165) is 36.9 Å². The van der Waals surface area contributed by atoms with Crippen molar-refractivity contribution in [3.05, 3.63) is 16.4 Å². The van der Waals surface area contributed by atoms with Crippen LogP contribution in [0.4, 0.5) is 0 Å². The minimum absolute atomic E-state index is 0.340. The Balaban J connectivity index is 2.01. The molecule has 1 N–H and O–H groups in total. The van der Waals surface area contributed by atoms with Crippen LogP contribution < -0.4 is 5.32 Å². The SMILES string of the molecule is CCCn1ncc(Br)c1C(CCC1CCCO1)NC. The van der Waals surface area contributed by atoms with Gasteiger partial charge in [0.1, 0.15) is 0 Å². The molecule has 0 spiro atoms. The molecule has 1 saturated heterocycles. The lowest BCUT2D eigenvalue weighted by Crippen LogP contribution is -2.22. The normalized spacial score (nSPS) is 20.9. The maximum absolute atomic E-state index is 5.71. The van der Waals surface area contributed by atoms with Crippen molar-refractivity contribution in [1.82, 2.24) is 15.1 Å². The zero-order valence-corrected chi connectivity index (χ0v) is 13.4. The molecule has 4 nitrogen and oxygen atoms in total. The number of rotatable bonds is 7. The summed E-state index contributed by atoms with van der Waals surface area (Å²) < 4.78 is 8.93.